The van der Waals surface area contributed by atoms with Gasteiger partial charge in [-0.05, 0) is 92.9 Å². The Balaban J connectivity index is 1.33. The number of benzene rings is 2. The van der Waals surface area contributed by atoms with Gasteiger partial charge in [0.15, 0.2) is 0 Å². The van der Waals surface area contributed by atoms with Crippen LogP contribution in [0.5, 0.6) is 0 Å². The lowest BCUT2D eigenvalue weighted by atomic mass is 10.0. The van der Waals surface area contributed by atoms with Gasteiger partial charge < -0.3 is 9.88 Å². The molecule has 1 amide bonds. The van der Waals surface area contributed by atoms with Crippen molar-refractivity contribution in [2.24, 2.45) is 0 Å². The number of aromatic nitrogens is 3. The van der Waals surface area contributed by atoms with Gasteiger partial charge in [-0.1, -0.05) is 17.9 Å². The highest BCUT2D eigenvalue weighted by Gasteiger charge is 2.12. The molecule has 1 saturated heterocycles. The number of nitrogens with zero attached hydrogens (tertiary/aromatic N) is 4. The van der Waals surface area contributed by atoms with E-state index in [-0.39, 0.29) is 5.91 Å². The highest BCUT2D eigenvalue weighted by Crippen LogP contribution is 2.20. The molecule has 6 heteroatoms. The van der Waals surface area contributed by atoms with Crippen LogP contribution in [0.25, 0.3) is 5.69 Å². The molecule has 3 heterocycles. The van der Waals surface area contributed by atoms with E-state index in [1.807, 2.05) is 67.2 Å². The van der Waals surface area contributed by atoms with E-state index >= 15 is 0 Å². The summed E-state index contributed by atoms with van der Waals surface area (Å²) < 4.78 is 1.91. The Morgan fingerprint density at radius 2 is 1.86 bits per heavy atom. The highest BCUT2D eigenvalue weighted by atomic mass is 16.1. The summed E-state index contributed by atoms with van der Waals surface area (Å²) in [5, 5.41) is 3.03. The van der Waals surface area contributed by atoms with E-state index in [9.17, 15) is 4.79 Å². The van der Waals surface area contributed by atoms with E-state index in [0.717, 1.165) is 53.3 Å². The van der Waals surface area contributed by atoms with Crippen LogP contribution in [0.2, 0.25) is 0 Å². The number of carbonyl (C=O) groups excluding carboxylic acids is 1. The predicted molar refractivity (Wildman–Crippen MR) is 142 cm³/mol. The molecule has 2 aromatic heterocycles. The number of rotatable bonds is 5. The summed E-state index contributed by atoms with van der Waals surface area (Å²) in [4.78, 5) is 24.0. The van der Waals surface area contributed by atoms with Crippen LogP contribution in [0.1, 0.15) is 51.0 Å². The minimum Gasteiger partial charge on any atom is -0.322 e. The molecule has 0 aliphatic carbocycles. The molecule has 1 fully saturated rings. The summed E-state index contributed by atoms with van der Waals surface area (Å²) in [6.45, 7) is 7.23. The van der Waals surface area contributed by atoms with E-state index in [1.165, 1.54) is 18.4 Å². The van der Waals surface area contributed by atoms with Gasteiger partial charge in [0.1, 0.15) is 0 Å². The van der Waals surface area contributed by atoms with Crippen LogP contribution in [-0.2, 0) is 6.54 Å². The van der Waals surface area contributed by atoms with Crippen LogP contribution in [0.15, 0.2) is 73.6 Å². The minimum atomic E-state index is -0.172. The zero-order chi connectivity index (χ0) is 24.9. The van der Waals surface area contributed by atoms with Gasteiger partial charge in [0.25, 0.3) is 5.91 Å². The van der Waals surface area contributed by atoms with Gasteiger partial charge in [0.2, 0.25) is 0 Å². The molecule has 0 atom stereocenters. The van der Waals surface area contributed by atoms with Crippen molar-refractivity contribution in [1.29, 1.82) is 0 Å². The lowest BCUT2D eigenvalue weighted by Crippen LogP contribution is -2.18. The Hall–Kier alpha value is -4.21. The van der Waals surface area contributed by atoms with Crippen molar-refractivity contribution >= 4 is 11.6 Å². The lowest BCUT2D eigenvalue weighted by molar-refractivity contribution is 0.102. The normalized spacial score (nSPS) is 13.3. The van der Waals surface area contributed by atoms with Gasteiger partial charge in [0, 0.05) is 59.4 Å². The van der Waals surface area contributed by atoms with E-state index in [2.05, 4.69) is 38.1 Å². The summed E-state index contributed by atoms with van der Waals surface area (Å²) in [5.41, 5.74) is 7.21. The zero-order valence-electron chi connectivity index (χ0n) is 20.7. The van der Waals surface area contributed by atoms with Gasteiger partial charge in [-0.15, -0.1) is 0 Å². The molecule has 0 unspecified atom stereocenters. The van der Waals surface area contributed by atoms with Crippen LogP contribution in [0, 0.1) is 25.7 Å². The summed E-state index contributed by atoms with van der Waals surface area (Å²) >= 11 is 0. The Morgan fingerprint density at radius 3 is 2.67 bits per heavy atom. The summed E-state index contributed by atoms with van der Waals surface area (Å²) in [6.07, 6.45) is 11.6. The Labute approximate surface area is 212 Å². The van der Waals surface area contributed by atoms with Crippen molar-refractivity contribution in [3.63, 3.8) is 0 Å². The molecular formula is C30H29N5O. The van der Waals surface area contributed by atoms with Crippen LogP contribution >= 0.6 is 0 Å². The number of imidazole rings is 1. The highest BCUT2D eigenvalue weighted by molar-refractivity contribution is 6.04. The molecule has 36 heavy (non-hydrogen) atoms. The molecule has 0 spiro atoms. The zero-order valence-corrected chi connectivity index (χ0v) is 20.7. The fraction of sp³-hybridized carbons (Fsp3) is 0.233. The molecule has 1 aliphatic rings. The number of likely N-dealkylation sites (tertiary alicyclic amines) is 1. The third-order valence-corrected chi connectivity index (χ3v) is 6.36. The molecule has 180 valence electrons. The molecule has 2 aromatic carbocycles. The van der Waals surface area contributed by atoms with Gasteiger partial charge in [-0.3, -0.25) is 14.7 Å². The maximum Gasteiger partial charge on any atom is 0.255 e. The molecule has 1 N–H and O–H groups in total. The van der Waals surface area contributed by atoms with E-state index in [1.54, 1.807) is 18.7 Å². The minimum absolute atomic E-state index is 0.172. The fourth-order valence-electron chi connectivity index (χ4n) is 4.48. The number of pyridine rings is 1. The molecule has 0 bridgehead atoms. The smallest absolute Gasteiger partial charge is 0.255 e. The second-order valence-corrected chi connectivity index (χ2v) is 9.33. The van der Waals surface area contributed by atoms with Gasteiger partial charge >= 0.3 is 0 Å². The number of hydrogen-bond donors (Lipinski definition) is 1. The first kappa shape index (κ1) is 23.5. The maximum atomic E-state index is 13.1. The average Bonchev–Trinajstić information content (AvgIpc) is 3.58. The number of carbonyl (C=O) groups is 1. The van der Waals surface area contributed by atoms with E-state index in [0.29, 0.717) is 5.56 Å². The Bertz CT molecular complexity index is 1440. The molecular weight excluding hydrogens is 446 g/mol. The summed E-state index contributed by atoms with van der Waals surface area (Å²) in [5.74, 6) is 6.32. The van der Waals surface area contributed by atoms with Gasteiger partial charge in [0.05, 0.1) is 6.33 Å². The van der Waals surface area contributed by atoms with Crippen molar-refractivity contribution in [1.82, 2.24) is 19.4 Å². The Kier molecular flexibility index (Phi) is 6.92. The monoisotopic (exact) mass is 475 g/mol. The quantitative estimate of drug-likeness (QED) is 0.407. The third kappa shape index (κ3) is 5.70. The number of aryl methyl sites for hydroxylation is 2. The number of nitrogens with one attached hydrogen (secondary N) is 1. The average molecular weight is 476 g/mol. The first-order valence-corrected chi connectivity index (χ1v) is 12.2. The first-order chi connectivity index (χ1) is 17.5. The second kappa shape index (κ2) is 10.6. The summed E-state index contributed by atoms with van der Waals surface area (Å²) in [7, 11) is 0. The number of anilines is 1. The molecule has 1 aliphatic heterocycles. The fourth-order valence-corrected chi connectivity index (χ4v) is 4.48. The number of amides is 1. The molecule has 4 aromatic rings. The van der Waals surface area contributed by atoms with Crippen LogP contribution in [-0.4, -0.2) is 38.4 Å². The largest absolute Gasteiger partial charge is 0.322 e. The molecule has 0 radical (unpaired) electrons. The standard InChI is InChI=1S/C30H29N5O/c1-22-13-28(17-29(14-22)35-12-9-31-21-35)33-30(36)27-7-5-23(2)26(16-27)8-6-24-15-25(19-32-18-24)20-34-10-3-4-11-34/h5,7,9,12-19,21H,3-4,10-11,20H2,1-2H3,(H,33,36). The van der Waals surface area contributed by atoms with Gasteiger partial charge in [-0.2, -0.15) is 0 Å². The molecule has 0 saturated carbocycles. The topological polar surface area (TPSA) is 63.1 Å². The second-order valence-electron chi connectivity index (χ2n) is 9.33. The van der Waals surface area contributed by atoms with E-state index in [4.69, 9.17) is 0 Å². The molecule has 5 rings (SSSR count). The van der Waals surface area contributed by atoms with Crippen LogP contribution in [0.3, 0.4) is 0 Å². The van der Waals surface area contributed by atoms with Crippen molar-refractivity contribution < 1.29 is 4.79 Å². The molecule has 6 nitrogen and oxygen atoms in total. The van der Waals surface area contributed by atoms with Crippen molar-refractivity contribution in [3.8, 4) is 17.5 Å². The number of hydrogen-bond acceptors (Lipinski definition) is 4. The van der Waals surface area contributed by atoms with Crippen LogP contribution < -0.4 is 5.32 Å². The van der Waals surface area contributed by atoms with Crippen molar-refractivity contribution in [2.45, 2.75) is 33.2 Å². The SMILES string of the molecule is Cc1cc(NC(=O)c2ccc(C)c(C#Cc3cncc(CN4CCCC4)c3)c2)cc(-n2ccnc2)c1. The predicted octanol–water partition coefficient (Wildman–Crippen LogP) is 5.13. The summed E-state index contributed by atoms with van der Waals surface area (Å²) in [6, 6.07) is 13.7. The maximum absolute atomic E-state index is 13.1. The third-order valence-electron chi connectivity index (χ3n) is 6.36. The van der Waals surface area contributed by atoms with Gasteiger partial charge in [-0.25, -0.2) is 4.98 Å². The van der Waals surface area contributed by atoms with Crippen molar-refractivity contribution in [2.75, 3.05) is 18.4 Å². The van der Waals surface area contributed by atoms with Crippen LogP contribution in [0.4, 0.5) is 5.69 Å². The van der Waals surface area contributed by atoms with Crippen molar-refractivity contribution in [3.05, 3.63) is 107 Å². The first-order valence-electron chi connectivity index (χ1n) is 12.2. The van der Waals surface area contributed by atoms with E-state index < -0.39 is 0 Å². The Morgan fingerprint density at radius 1 is 1.00 bits per heavy atom. The lowest BCUT2D eigenvalue weighted by Gasteiger charge is -2.14.